The number of pyridine rings is 1. The number of anilines is 2. The Kier molecular flexibility index (Phi) is 8.28. The molecular formula is C32H29Cl2F3N6O4S. The van der Waals surface area contributed by atoms with Gasteiger partial charge in [0.1, 0.15) is 10.7 Å². The van der Waals surface area contributed by atoms with Gasteiger partial charge in [0.05, 0.1) is 55.4 Å². The van der Waals surface area contributed by atoms with E-state index in [1.54, 1.807) is 33.8 Å². The molecule has 48 heavy (non-hydrogen) atoms. The largest absolute Gasteiger partial charge is 0.397 e. The normalized spacial score (nSPS) is 18.6. The number of hydrogen-bond acceptors (Lipinski definition) is 8. The predicted molar refractivity (Wildman–Crippen MR) is 178 cm³/mol. The maximum absolute atomic E-state index is 17.4. The van der Waals surface area contributed by atoms with Crippen molar-refractivity contribution in [2.75, 3.05) is 29.5 Å². The number of hydrogen-bond donors (Lipinski definition) is 1. The number of benzene rings is 2. The van der Waals surface area contributed by atoms with Crippen molar-refractivity contribution in [3.05, 3.63) is 80.2 Å². The van der Waals surface area contributed by atoms with Crippen LogP contribution >= 0.6 is 23.2 Å². The van der Waals surface area contributed by atoms with Crippen LogP contribution in [0.25, 0.3) is 27.7 Å². The number of nitrogen functional groups attached to an aromatic ring is 1. The second-order valence-electron chi connectivity index (χ2n) is 12.2. The van der Waals surface area contributed by atoms with Gasteiger partial charge in [-0.2, -0.15) is 4.98 Å². The van der Waals surface area contributed by atoms with Crippen molar-refractivity contribution in [2.45, 2.75) is 50.6 Å². The highest BCUT2D eigenvalue weighted by molar-refractivity contribution is 7.91. The highest BCUT2D eigenvalue weighted by Crippen LogP contribution is 2.48. The second kappa shape index (κ2) is 11.8. The molecule has 2 unspecified atom stereocenters. The van der Waals surface area contributed by atoms with Gasteiger partial charge in [0.2, 0.25) is 5.91 Å². The predicted octanol–water partition coefficient (Wildman–Crippen LogP) is 5.56. The number of nitrogens with zero attached hydrogens (tertiary/aromatic N) is 5. The fourth-order valence-corrected chi connectivity index (χ4v) is 8.93. The SMILES string of the molecule is C=CC(=O)N1CC2CS(=O)(=O)c3c(F)c(-c4c(N)c(Cl)cc(Cl)c4F)c(F)c4c3c(nc(=O)n4-c3c(C)ccnc3C(C)C)N2CC1C. The van der Waals surface area contributed by atoms with Gasteiger partial charge in [0.15, 0.2) is 27.3 Å². The summed E-state index contributed by atoms with van der Waals surface area (Å²) in [5, 5.41) is -1.51. The summed E-state index contributed by atoms with van der Waals surface area (Å²) in [6, 6.07) is 0.933. The van der Waals surface area contributed by atoms with Crippen molar-refractivity contribution in [1.29, 1.82) is 0 Å². The van der Waals surface area contributed by atoms with E-state index < -0.39 is 94.4 Å². The Balaban J connectivity index is 1.86. The third-order valence-electron chi connectivity index (χ3n) is 8.83. The van der Waals surface area contributed by atoms with Gasteiger partial charge in [-0.15, -0.1) is 0 Å². The Morgan fingerprint density at radius 3 is 2.46 bits per heavy atom. The summed E-state index contributed by atoms with van der Waals surface area (Å²) >= 11 is 12.2. The zero-order valence-corrected chi connectivity index (χ0v) is 28.4. The zero-order valence-electron chi connectivity index (χ0n) is 26.1. The van der Waals surface area contributed by atoms with Crippen molar-refractivity contribution in [3.63, 3.8) is 0 Å². The Hall–Kier alpha value is -4.14. The van der Waals surface area contributed by atoms with Crippen LogP contribution < -0.4 is 16.3 Å². The monoisotopic (exact) mass is 720 g/mol. The van der Waals surface area contributed by atoms with Crippen LogP contribution in [0.3, 0.4) is 0 Å². The Bertz CT molecular complexity index is 2240. The molecule has 2 atom stereocenters. The number of sulfone groups is 1. The number of carbonyl (C=O) groups excluding carboxylic acids is 1. The lowest BCUT2D eigenvalue weighted by Crippen LogP contribution is -2.60. The van der Waals surface area contributed by atoms with Gasteiger partial charge in [-0.25, -0.2) is 26.4 Å². The molecule has 10 nitrogen and oxygen atoms in total. The summed E-state index contributed by atoms with van der Waals surface area (Å²) in [6.07, 6.45) is 2.58. The molecule has 1 amide bonds. The lowest BCUT2D eigenvalue weighted by atomic mass is 9.98. The molecule has 1 saturated heterocycles. The zero-order chi connectivity index (χ0) is 35.1. The van der Waals surface area contributed by atoms with E-state index in [-0.39, 0.29) is 35.5 Å². The molecule has 4 aromatic rings. The van der Waals surface area contributed by atoms with Crippen LogP contribution in [0, 0.1) is 24.4 Å². The number of carbonyl (C=O) groups is 1. The second-order valence-corrected chi connectivity index (χ2v) is 15.0. The first-order valence-corrected chi connectivity index (χ1v) is 17.2. The molecule has 2 aromatic carbocycles. The molecule has 252 valence electrons. The summed E-state index contributed by atoms with van der Waals surface area (Å²) in [6.45, 7) is 10.2. The minimum Gasteiger partial charge on any atom is -0.397 e. The van der Waals surface area contributed by atoms with Crippen LogP contribution in [0.2, 0.25) is 10.0 Å². The number of amides is 1. The summed E-state index contributed by atoms with van der Waals surface area (Å²) in [7, 11) is -4.75. The van der Waals surface area contributed by atoms with Crippen molar-refractivity contribution in [3.8, 4) is 16.8 Å². The molecule has 0 saturated carbocycles. The Morgan fingerprint density at radius 1 is 1.12 bits per heavy atom. The average molecular weight is 722 g/mol. The quantitative estimate of drug-likeness (QED) is 0.125. The number of rotatable bonds is 4. The van der Waals surface area contributed by atoms with E-state index >= 15 is 13.2 Å². The van der Waals surface area contributed by atoms with Crippen molar-refractivity contribution >= 4 is 61.4 Å². The van der Waals surface area contributed by atoms with E-state index in [1.165, 1.54) is 16.0 Å². The number of piperazine rings is 1. The van der Waals surface area contributed by atoms with Gasteiger partial charge in [0, 0.05) is 30.9 Å². The average Bonchev–Trinajstić information content (AvgIpc) is 3.10. The number of halogens is 5. The van der Waals surface area contributed by atoms with E-state index in [0.29, 0.717) is 11.3 Å². The van der Waals surface area contributed by atoms with Gasteiger partial charge in [-0.1, -0.05) is 43.6 Å². The third-order valence-corrected chi connectivity index (χ3v) is 11.2. The molecule has 4 heterocycles. The van der Waals surface area contributed by atoms with E-state index in [2.05, 4.69) is 16.5 Å². The van der Waals surface area contributed by atoms with E-state index in [1.807, 2.05) is 0 Å². The molecule has 2 aliphatic rings. The summed E-state index contributed by atoms with van der Waals surface area (Å²) < 4.78 is 79.7. The summed E-state index contributed by atoms with van der Waals surface area (Å²) in [4.78, 5) is 37.4. The molecule has 2 aromatic heterocycles. The maximum atomic E-state index is 17.4. The fraction of sp³-hybridized carbons (Fsp3) is 0.312. The maximum Gasteiger partial charge on any atom is 0.354 e. The number of aryl methyl sites for hydroxylation is 1. The molecular weight excluding hydrogens is 692 g/mol. The summed E-state index contributed by atoms with van der Waals surface area (Å²) in [5.74, 6) is -6.40. The van der Waals surface area contributed by atoms with Crippen LogP contribution in [-0.2, 0) is 14.6 Å². The van der Waals surface area contributed by atoms with Gasteiger partial charge in [-0.3, -0.25) is 14.3 Å². The van der Waals surface area contributed by atoms with Crippen LogP contribution in [0.15, 0.2) is 40.7 Å². The first-order chi connectivity index (χ1) is 22.5. The molecule has 0 aliphatic carbocycles. The molecule has 16 heteroatoms. The van der Waals surface area contributed by atoms with Crippen LogP contribution in [0.4, 0.5) is 24.7 Å². The van der Waals surface area contributed by atoms with Crippen LogP contribution in [0.1, 0.15) is 37.9 Å². The lowest BCUT2D eigenvalue weighted by Gasteiger charge is -2.44. The smallest absolute Gasteiger partial charge is 0.354 e. The molecule has 2 aliphatic heterocycles. The Labute approximate surface area is 283 Å². The summed E-state index contributed by atoms with van der Waals surface area (Å²) in [5.41, 5.74) is 2.50. The van der Waals surface area contributed by atoms with Crippen molar-refractivity contribution in [1.82, 2.24) is 19.4 Å². The molecule has 1 fully saturated rings. The molecule has 6 rings (SSSR count). The minimum atomic E-state index is -4.75. The highest BCUT2D eigenvalue weighted by atomic mass is 35.5. The van der Waals surface area contributed by atoms with E-state index in [4.69, 9.17) is 28.9 Å². The Morgan fingerprint density at radius 2 is 1.81 bits per heavy atom. The lowest BCUT2D eigenvalue weighted by molar-refractivity contribution is -0.128. The first-order valence-electron chi connectivity index (χ1n) is 14.8. The van der Waals surface area contributed by atoms with Gasteiger partial charge < -0.3 is 15.5 Å². The van der Waals surface area contributed by atoms with Gasteiger partial charge >= 0.3 is 5.69 Å². The molecule has 0 bridgehead atoms. The van der Waals surface area contributed by atoms with Crippen molar-refractivity contribution < 1.29 is 26.4 Å². The standard InChI is InChI=1S/C32H29Cl2F3N6O4S/c1-6-19(44)41-11-16-12-48(46,47)30-22-29(24(36)20(25(30)37)21-23(35)17(33)9-18(34)26(21)38)43(28-14(4)7-8-39-27(28)13(2)3)32(45)40-31(22)42(16)10-15(41)5/h6-9,13,15-16H,1,10-12,38H2,2-5H3. The van der Waals surface area contributed by atoms with Crippen LogP contribution in [-0.4, -0.2) is 64.7 Å². The van der Waals surface area contributed by atoms with E-state index in [9.17, 15) is 18.0 Å². The van der Waals surface area contributed by atoms with Crippen molar-refractivity contribution in [2.24, 2.45) is 0 Å². The van der Waals surface area contributed by atoms with Gasteiger partial charge in [-0.05, 0) is 43.5 Å². The molecule has 2 N–H and O–H groups in total. The first kappa shape index (κ1) is 33.7. The van der Waals surface area contributed by atoms with E-state index in [0.717, 1.165) is 16.7 Å². The fourth-order valence-electron chi connectivity index (χ4n) is 6.63. The molecule has 0 radical (unpaired) electrons. The van der Waals surface area contributed by atoms with Gasteiger partial charge in [0.25, 0.3) is 0 Å². The third kappa shape index (κ3) is 4.95. The van der Waals surface area contributed by atoms with Crippen LogP contribution in [0.5, 0.6) is 0 Å². The number of nitrogens with two attached hydrogens (primary N) is 1. The topological polar surface area (TPSA) is 131 Å². The molecule has 0 spiro atoms. The minimum absolute atomic E-state index is 0.0373. The number of aromatic nitrogens is 3. The number of fused-ring (bicyclic) bond motifs is 2. The highest BCUT2D eigenvalue weighted by Gasteiger charge is 2.45.